The number of carbonyl (C=O) groups excluding carboxylic acids is 5. The Morgan fingerprint density at radius 3 is 2.30 bits per heavy atom. The number of ketones is 3. The highest BCUT2D eigenvalue weighted by molar-refractivity contribution is 7.12. The first-order valence-electron chi connectivity index (χ1n) is 24.0. The van der Waals surface area contributed by atoms with Crippen LogP contribution in [0.25, 0.3) is 11.0 Å². The highest BCUT2D eigenvalue weighted by Gasteiger charge is 2.57. The molecule has 74 heavy (non-hydrogen) atoms. The number of nitrogens with zero attached hydrogens (tertiary/aromatic N) is 2. The first-order chi connectivity index (χ1) is 35.0. The van der Waals surface area contributed by atoms with Crippen molar-refractivity contribution in [2.24, 2.45) is 0 Å². The second kappa shape index (κ2) is 19.5. The third kappa shape index (κ3) is 8.86. The summed E-state index contributed by atoms with van der Waals surface area (Å²) in [6.07, 6.45) is -4.67. The summed E-state index contributed by atoms with van der Waals surface area (Å²) in [7, 11) is 9.23. The number of benzene rings is 3. The van der Waals surface area contributed by atoms with Gasteiger partial charge in [-0.25, -0.2) is 9.78 Å². The molecule has 3 aromatic carbocycles. The number of fused-ring (bicyclic) bond motifs is 9. The van der Waals surface area contributed by atoms with E-state index in [0.29, 0.717) is 51.9 Å². The highest BCUT2D eigenvalue weighted by Crippen LogP contribution is 2.55. The average Bonchev–Trinajstić information content (AvgIpc) is 4.04. The van der Waals surface area contributed by atoms with E-state index in [0.717, 1.165) is 7.11 Å². The number of nitrogens with one attached hydrogen (secondary N) is 2. The minimum absolute atomic E-state index is 0.0216. The maximum atomic E-state index is 14.8. The lowest BCUT2D eigenvalue weighted by atomic mass is 9.67. The van der Waals surface area contributed by atoms with Crippen molar-refractivity contribution >= 4 is 57.7 Å². The number of thiophene rings is 1. The molecule has 11 atom stereocenters. The molecule has 0 unspecified atom stereocenters. The fourth-order valence-corrected chi connectivity index (χ4v) is 12.5. The molecular weight excluding hydrogens is 981 g/mol. The number of hydrogen-bond donors (Lipinski definition) is 6. The summed E-state index contributed by atoms with van der Waals surface area (Å²) in [5.41, 5.74) is -1.96. The number of hydrogen-bond acceptors (Lipinski definition) is 19. The molecule has 0 radical (unpaired) electrons. The molecule has 21 heteroatoms. The van der Waals surface area contributed by atoms with E-state index in [1.54, 1.807) is 31.2 Å². The monoisotopic (exact) mass is 1040 g/mol. The van der Waals surface area contributed by atoms with Gasteiger partial charge in [0.15, 0.2) is 12.1 Å². The van der Waals surface area contributed by atoms with E-state index >= 15 is 0 Å². The maximum absolute atomic E-state index is 14.8. The molecule has 3 aliphatic heterocycles. The van der Waals surface area contributed by atoms with E-state index in [1.165, 1.54) is 58.6 Å². The van der Waals surface area contributed by atoms with E-state index < -0.39 is 88.6 Å². The second-order valence-electron chi connectivity index (χ2n) is 20.3. The first-order valence-corrected chi connectivity index (χ1v) is 24.9. The molecule has 2 aliphatic carbocycles. The number of phenols is 2. The number of aliphatic hydroxyl groups is 2. The number of phenolic OH excluding ortho intramolecular Hbond substituents is 2. The smallest absolute Gasteiger partial charge is 0.413 e. The topological polar surface area (TPSA) is 275 Å². The molecule has 5 heterocycles. The number of anilines is 1. The number of aromatic amines is 1. The van der Waals surface area contributed by atoms with Crippen LogP contribution in [0.1, 0.15) is 128 Å². The van der Waals surface area contributed by atoms with Crippen molar-refractivity contribution in [3.63, 3.8) is 0 Å². The molecule has 0 spiro atoms. The third-order valence-corrected chi connectivity index (χ3v) is 16.1. The van der Waals surface area contributed by atoms with Gasteiger partial charge >= 0.3 is 12.1 Å². The Morgan fingerprint density at radius 1 is 0.919 bits per heavy atom. The van der Waals surface area contributed by atoms with Crippen LogP contribution in [-0.2, 0) is 50.0 Å². The zero-order valence-corrected chi connectivity index (χ0v) is 43.4. The Kier molecular flexibility index (Phi) is 13.9. The Bertz CT molecular complexity index is 3080. The van der Waals surface area contributed by atoms with Crippen LogP contribution >= 0.6 is 11.3 Å². The lowest BCUT2D eigenvalue weighted by Gasteiger charge is -2.50. The van der Waals surface area contributed by atoms with Crippen LogP contribution in [0.5, 0.6) is 11.5 Å². The second-order valence-corrected chi connectivity index (χ2v) is 21.3. The van der Waals surface area contributed by atoms with E-state index in [4.69, 9.17) is 28.4 Å². The van der Waals surface area contributed by atoms with Crippen LogP contribution in [-0.4, -0.2) is 155 Å². The fraction of sp³-hybridized carbons (Fsp3) is 0.472. The van der Waals surface area contributed by atoms with Crippen LogP contribution in [0.3, 0.4) is 0 Å². The van der Waals surface area contributed by atoms with Crippen molar-refractivity contribution in [3.8, 4) is 11.5 Å². The average molecular weight is 1040 g/mol. The zero-order chi connectivity index (χ0) is 53.5. The van der Waals surface area contributed by atoms with Crippen LogP contribution < -0.4 is 5.32 Å². The Hall–Kier alpha value is -6.14. The van der Waals surface area contributed by atoms with Gasteiger partial charge in [0.2, 0.25) is 17.5 Å². The molecular formula is C53H60N4O16S. The summed E-state index contributed by atoms with van der Waals surface area (Å²) in [5.74, 6) is -4.46. The van der Waals surface area contributed by atoms with Gasteiger partial charge in [0.1, 0.15) is 35.2 Å². The maximum Gasteiger partial charge on any atom is 0.413 e. The summed E-state index contributed by atoms with van der Waals surface area (Å²) >= 11 is 1.40. The molecule has 10 rings (SSSR count). The molecule has 5 aliphatic rings. The van der Waals surface area contributed by atoms with Crippen LogP contribution in [0.15, 0.2) is 47.8 Å². The van der Waals surface area contributed by atoms with Crippen molar-refractivity contribution in [2.75, 3.05) is 47.9 Å². The Balaban J connectivity index is 0.000000266. The number of aromatic nitrogens is 2. The summed E-state index contributed by atoms with van der Waals surface area (Å²) in [5, 5.41) is 51.3. The predicted molar refractivity (Wildman–Crippen MR) is 266 cm³/mol. The van der Waals surface area contributed by atoms with Crippen LogP contribution in [0.4, 0.5) is 10.7 Å². The van der Waals surface area contributed by atoms with E-state index in [-0.39, 0.29) is 63.7 Å². The molecule has 1 amide bonds. The standard InChI is InChI=1S/C39H49NO13.C14H11N3O3S/c1-16-33(48-7)39(4,47)34(49-8)36(51-16)52-24-15-37(2,46)29(35(45)50-9)20-12-21-27(31(43)25(20)24)32(44)28-23(41)13-22-19(26(28)30(21)42)11-18-10-17(40(5)6)14-38(22,3)53-18;1-20-14(19)17-13-15-9-5-4-8(7-10(9)16-13)12(18)11-3-2-6-21-11/h12-13,16-18,24,29,33-34,36,41,43,46-47H,10-11,14-15H2,1-9H3;2-7H,1H3,(H2,15,16,17,19)/t16-,17-,18+,24-,29-,33-,34-,36-,37-,38-,39+;/m0./s1. The van der Waals surface area contributed by atoms with Crippen molar-refractivity contribution in [3.05, 3.63) is 103 Å². The zero-order valence-electron chi connectivity index (χ0n) is 42.6. The van der Waals surface area contributed by atoms with Gasteiger partial charge in [-0.2, -0.15) is 0 Å². The summed E-state index contributed by atoms with van der Waals surface area (Å²) in [4.78, 5) is 76.1. The quantitative estimate of drug-likeness (QED) is 0.0739. The van der Waals surface area contributed by atoms with Crippen LogP contribution in [0.2, 0.25) is 0 Å². The summed E-state index contributed by atoms with van der Waals surface area (Å²) in [6, 6.07) is 11.8. The lowest BCUT2D eigenvalue weighted by molar-refractivity contribution is -0.341. The van der Waals surface area contributed by atoms with Gasteiger partial charge in [0.25, 0.3) is 0 Å². The number of imidazole rings is 1. The molecule has 2 fully saturated rings. The van der Waals surface area contributed by atoms with Gasteiger partial charge in [-0.15, -0.1) is 11.3 Å². The normalized spacial score (nSPS) is 29.8. The molecule has 394 valence electrons. The fourth-order valence-electron chi connectivity index (χ4n) is 11.8. The largest absolute Gasteiger partial charge is 0.507 e. The molecule has 0 saturated carbocycles. The summed E-state index contributed by atoms with van der Waals surface area (Å²) in [6.45, 7) is 6.54. The Labute approximate surface area is 429 Å². The van der Waals surface area contributed by atoms with Gasteiger partial charge in [-0.1, -0.05) is 6.07 Å². The number of ether oxygens (including phenoxy) is 7. The van der Waals surface area contributed by atoms with Gasteiger partial charge < -0.3 is 63.5 Å². The van der Waals surface area contributed by atoms with Crippen molar-refractivity contribution in [1.82, 2.24) is 14.9 Å². The van der Waals surface area contributed by atoms with E-state index in [1.807, 2.05) is 32.5 Å². The number of amides is 1. The van der Waals surface area contributed by atoms with Gasteiger partial charge in [0.05, 0.1) is 70.8 Å². The number of esters is 1. The molecule has 5 aromatic rings. The van der Waals surface area contributed by atoms with Gasteiger partial charge in [-0.3, -0.25) is 24.5 Å². The van der Waals surface area contributed by atoms with Gasteiger partial charge in [-0.05, 0) is 120 Å². The Morgan fingerprint density at radius 2 is 1.65 bits per heavy atom. The van der Waals surface area contributed by atoms with Crippen molar-refractivity contribution < 1.29 is 77.6 Å². The number of aromatic hydroxyl groups is 2. The lowest BCUT2D eigenvalue weighted by Crippen LogP contribution is -2.66. The number of H-pyrrole nitrogens is 1. The number of methoxy groups -OCH3 is 4. The highest BCUT2D eigenvalue weighted by atomic mass is 32.1. The minimum Gasteiger partial charge on any atom is -0.507 e. The number of rotatable bonds is 9. The van der Waals surface area contributed by atoms with Gasteiger partial charge in [0, 0.05) is 48.9 Å². The van der Waals surface area contributed by atoms with E-state index in [9.17, 15) is 44.4 Å². The molecule has 2 aromatic heterocycles. The molecule has 2 bridgehead atoms. The minimum atomic E-state index is -1.85. The summed E-state index contributed by atoms with van der Waals surface area (Å²) < 4.78 is 39.8. The SMILES string of the molecule is COC(=O)Nc1nc2ccc(C(=O)c3cccs3)cc2[nH]1.COC(=O)[C@@H]1c2cc3c(c(O)c2[C@@H](O[C@@H]2O[C@@H](C)[C@H](OC)[C@@](C)(O)[C@H]2OC)C[C@]1(C)O)C(=O)c1c(O)cc2c(c1C3=O)C[C@H]1C[C@H](N(C)C)C[C@]2(C)O1. The van der Waals surface area contributed by atoms with Crippen LogP contribution in [0, 0.1) is 0 Å². The third-order valence-electron chi connectivity index (χ3n) is 15.2. The molecule has 20 nitrogen and oxygen atoms in total. The molecule has 2 saturated heterocycles. The molecule has 6 N–H and O–H groups in total. The van der Waals surface area contributed by atoms with Crippen molar-refractivity contribution in [2.45, 2.75) is 119 Å². The van der Waals surface area contributed by atoms with Crippen molar-refractivity contribution in [1.29, 1.82) is 0 Å². The van der Waals surface area contributed by atoms with E-state index in [2.05, 4.69) is 24.9 Å². The number of carbonyl (C=O) groups is 5. The first kappa shape index (κ1) is 52.7. The predicted octanol–water partition coefficient (Wildman–Crippen LogP) is 5.78.